The molecular formula is C22H30N2O6S2. The van der Waals surface area contributed by atoms with E-state index in [2.05, 4.69) is 0 Å². The molecule has 0 radical (unpaired) electrons. The molecule has 1 aromatic carbocycles. The first-order chi connectivity index (χ1) is 15.2. The van der Waals surface area contributed by atoms with Crippen LogP contribution in [0.4, 0.5) is 11.4 Å². The molecule has 0 saturated heterocycles. The lowest BCUT2D eigenvalue weighted by molar-refractivity contribution is 0.0958. The van der Waals surface area contributed by atoms with E-state index in [1.807, 2.05) is 13.8 Å². The standard InChI is InChI=1S/C22H30N2O6S2/c1-3-5-15-31(26,27)24(32(28,29)16-6-4-2)19-11-12-20-18(17-19)9-7-13-23(20)22(25)21-10-8-14-30-21/h8,10-12,14,17H,3-7,9,13,15-16H2,1-2H3. The SMILES string of the molecule is CCCCS(=O)(=O)N(c1ccc2c(c1)CCCN2C(=O)c1ccco1)S(=O)(=O)CCCC. The first-order valence-corrected chi connectivity index (χ1v) is 14.2. The van der Waals surface area contributed by atoms with Crippen molar-refractivity contribution in [3.8, 4) is 0 Å². The van der Waals surface area contributed by atoms with Gasteiger partial charge in [-0.2, -0.15) is 3.71 Å². The molecule has 0 fully saturated rings. The van der Waals surface area contributed by atoms with Gasteiger partial charge < -0.3 is 9.32 Å². The predicted octanol–water partition coefficient (Wildman–Crippen LogP) is 3.94. The third-order valence-corrected chi connectivity index (χ3v) is 9.79. The summed E-state index contributed by atoms with van der Waals surface area (Å²) in [6.07, 6.45) is 4.74. The van der Waals surface area contributed by atoms with Crippen LogP contribution < -0.4 is 8.61 Å². The minimum Gasteiger partial charge on any atom is -0.459 e. The average molecular weight is 483 g/mol. The smallest absolute Gasteiger partial charge is 0.293 e. The molecule has 2 aromatic rings. The fraction of sp³-hybridized carbons (Fsp3) is 0.500. The van der Waals surface area contributed by atoms with Crippen molar-refractivity contribution in [2.45, 2.75) is 52.4 Å². The summed E-state index contributed by atoms with van der Waals surface area (Å²) in [7, 11) is -8.14. The summed E-state index contributed by atoms with van der Waals surface area (Å²) in [5.41, 5.74) is 1.47. The van der Waals surface area contributed by atoms with Crippen molar-refractivity contribution in [3.05, 3.63) is 47.9 Å². The van der Waals surface area contributed by atoms with E-state index in [9.17, 15) is 21.6 Å². The fourth-order valence-corrected chi connectivity index (χ4v) is 8.09. The van der Waals surface area contributed by atoms with E-state index in [4.69, 9.17) is 4.42 Å². The van der Waals surface area contributed by atoms with Crippen LogP contribution in [0.1, 0.15) is 62.1 Å². The van der Waals surface area contributed by atoms with Gasteiger partial charge in [-0.05, 0) is 61.6 Å². The number of rotatable bonds is 10. The van der Waals surface area contributed by atoms with Crippen molar-refractivity contribution in [3.63, 3.8) is 0 Å². The molecule has 176 valence electrons. The van der Waals surface area contributed by atoms with Gasteiger partial charge in [-0.3, -0.25) is 4.79 Å². The highest BCUT2D eigenvalue weighted by Gasteiger charge is 2.34. The van der Waals surface area contributed by atoms with Gasteiger partial charge in [-0.15, -0.1) is 0 Å². The maximum Gasteiger partial charge on any atom is 0.293 e. The Morgan fingerprint density at radius 1 is 1.03 bits per heavy atom. The quantitative estimate of drug-likeness (QED) is 0.508. The van der Waals surface area contributed by atoms with Gasteiger partial charge in [-0.25, -0.2) is 16.8 Å². The number of sulfonamides is 2. The number of fused-ring (bicyclic) bond motifs is 1. The number of furan rings is 1. The number of nitrogens with zero attached hydrogens (tertiary/aromatic N) is 2. The zero-order valence-corrected chi connectivity index (χ0v) is 20.1. The Bertz CT molecular complexity index is 1100. The Labute approximate surface area is 190 Å². The van der Waals surface area contributed by atoms with E-state index < -0.39 is 20.0 Å². The normalized spacial score (nSPS) is 14.2. The Kier molecular flexibility index (Phi) is 7.66. The number of hydrogen-bond acceptors (Lipinski definition) is 6. The molecule has 1 aliphatic heterocycles. The average Bonchev–Trinajstić information content (AvgIpc) is 3.30. The summed E-state index contributed by atoms with van der Waals surface area (Å²) in [5.74, 6) is -0.552. The topological polar surface area (TPSA) is 105 Å². The highest BCUT2D eigenvalue weighted by atomic mass is 32.3. The van der Waals surface area contributed by atoms with Gasteiger partial charge in [0, 0.05) is 12.2 Å². The highest BCUT2D eigenvalue weighted by molar-refractivity contribution is 8.10. The number of carbonyl (C=O) groups excluding carboxylic acids is 1. The van der Waals surface area contributed by atoms with Crippen molar-refractivity contribution in [1.29, 1.82) is 0 Å². The van der Waals surface area contributed by atoms with Gasteiger partial charge in [0.1, 0.15) is 0 Å². The summed E-state index contributed by atoms with van der Waals surface area (Å²) < 4.78 is 58.1. The second kappa shape index (κ2) is 10.1. The second-order valence-electron chi connectivity index (χ2n) is 7.89. The van der Waals surface area contributed by atoms with E-state index in [0.29, 0.717) is 54.5 Å². The first-order valence-electron chi connectivity index (χ1n) is 11.0. The predicted molar refractivity (Wildman–Crippen MR) is 125 cm³/mol. The summed E-state index contributed by atoms with van der Waals surface area (Å²) in [6, 6.07) is 7.92. The van der Waals surface area contributed by atoms with Crippen LogP contribution in [0.15, 0.2) is 41.0 Å². The Hall–Kier alpha value is -2.33. The molecule has 8 nitrogen and oxygen atoms in total. The monoisotopic (exact) mass is 482 g/mol. The zero-order chi connectivity index (χ0) is 23.4. The minimum absolute atomic E-state index is 0.100. The summed E-state index contributed by atoms with van der Waals surface area (Å²) in [5, 5.41) is 0. The highest BCUT2D eigenvalue weighted by Crippen LogP contribution is 2.34. The van der Waals surface area contributed by atoms with Crippen LogP contribution >= 0.6 is 0 Å². The Morgan fingerprint density at radius 2 is 1.69 bits per heavy atom. The lowest BCUT2D eigenvalue weighted by Crippen LogP contribution is -2.40. The largest absolute Gasteiger partial charge is 0.459 e. The fourth-order valence-electron chi connectivity index (χ4n) is 3.75. The number of carbonyl (C=O) groups is 1. The van der Waals surface area contributed by atoms with Crippen molar-refractivity contribution < 1.29 is 26.0 Å². The van der Waals surface area contributed by atoms with Crippen LogP contribution in [-0.4, -0.2) is 40.8 Å². The molecule has 0 saturated carbocycles. The van der Waals surface area contributed by atoms with E-state index in [1.54, 1.807) is 29.2 Å². The molecule has 1 aromatic heterocycles. The van der Waals surface area contributed by atoms with E-state index in [0.717, 1.165) is 5.56 Å². The molecule has 1 amide bonds. The summed E-state index contributed by atoms with van der Waals surface area (Å²) in [4.78, 5) is 14.4. The van der Waals surface area contributed by atoms with Gasteiger partial charge in [0.25, 0.3) is 5.91 Å². The van der Waals surface area contributed by atoms with Gasteiger partial charge >= 0.3 is 0 Å². The van der Waals surface area contributed by atoms with Crippen molar-refractivity contribution >= 4 is 37.3 Å². The minimum atomic E-state index is -4.07. The molecule has 0 aliphatic carbocycles. The molecule has 2 heterocycles. The number of amides is 1. The van der Waals surface area contributed by atoms with Crippen molar-refractivity contribution in [1.82, 2.24) is 0 Å². The Morgan fingerprint density at radius 3 is 2.25 bits per heavy atom. The molecule has 0 unspecified atom stereocenters. The molecule has 1 aliphatic rings. The molecule has 0 spiro atoms. The van der Waals surface area contributed by atoms with Crippen LogP contribution in [0.2, 0.25) is 0 Å². The van der Waals surface area contributed by atoms with Crippen LogP contribution in [0, 0.1) is 0 Å². The zero-order valence-electron chi connectivity index (χ0n) is 18.5. The number of anilines is 2. The lowest BCUT2D eigenvalue weighted by Gasteiger charge is -2.31. The van der Waals surface area contributed by atoms with Gasteiger partial charge in [0.05, 0.1) is 23.5 Å². The van der Waals surface area contributed by atoms with E-state index in [-0.39, 0.29) is 28.9 Å². The van der Waals surface area contributed by atoms with Crippen molar-refractivity contribution in [2.75, 3.05) is 26.7 Å². The third kappa shape index (κ3) is 5.17. The van der Waals surface area contributed by atoms with Crippen LogP contribution in [-0.2, 0) is 26.5 Å². The van der Waals surface area contributed by atoms with Crippen molar-refractivity contribution in [2.24, 2.45) is 0 Å². The van der Waals surface area contributed by atoms with Crippen LogP contribution in [0.3, 0.4) is 0 Å². The molecule has 0 N–H and O–H groups in total. The number of hydrogen-bond donors (Lipinski definition) is 0. The van der Waals surface area contributed by atoms with Crippen LogP contribution in [0.5, 0.6) is 0 Å². The number of unbranched alkanes of at least 4 members (excludes halogenated alkanes) is 2. The lowest BCUT2D eigenvalue weighted by atomic mass is 10.0. The molecular weight excluding hydrogens is 452 g/mol. The molecule has 3 rings (SSSR count). The van der Waals surface area contributed by atoms with Gasteiger partial charge in [-0.1, -0.05) is 26.7 Å². The molecule has 10 heteroatoms. The second-order valence-corrected chi connectivity index (χ2v) is 12.0. The summed E-state index contributed by atoms with van der Waals surface area (Å²) in [6.45, 7) is 4.21. The summed E-state index contributed by atoms with van der Waals surface area (Å²) >= 11 is 0. The van der Waals surface area contributed by atoms with Crippen LogP contribution in [0.25, 0.3) is 0 Å². The van der Waals surface area contributed by atoms with Gasteiger partial charge in [0.2, 0.25) is 20.0 Å². The Balaban J connectivity index is 2.02. The molecule has 32 heavy (non-hydrogen) atoms. The van der Waals surface area contributed by atoms with E-state index in [1.165, 1.54) is 12.3 Å². The molecule has 0 bridgehead atoms. The molecule has 0 atom stereocenters. The van der Waals surface area contributed by atoms with Gasteiger partial charge in [0.15, 0.2) is 5.76 Å². The maximum atomic E-state index is 13.1. The first kappa shape index (κ1) is 24.3. The number of benzene rings is 1. The van der Waals surface area contributed by atoms with E-state index >= 15 is 0 Å². The number of aryl methyl sites for hydroxylation is 1. The maximum absolute atomic E-state index is 13.1. The third-order valence-electron chi connectivity index (χ3n) is 5.39.